The summed E-state index contributed by atoms with van der Waals surface area (Å²) in [5.41, 5.74) is 1.08. The van der Waals surface area contributed by atoms with Crippen LogP contribution in [0.3, 0.4) is 0 Å². The number of anilines is 1. The Hall–Kier alpha value is -1.53. The van der Waals surface area contributed by atoms with Gasteiger partial charge in [-0.05, 0) is 56.5 Å². The molecule has 0 radical (unpaired) electrons. The highest BCUT2D eigenvalue weighted by Crippen LogP contribution is 2.28. The van der Waals surface area contributed by atoms with Crippen molar-refractivity contribution >= 4 is 16.5 Å². The summed E-state index contributed by atoms with van der Waals surface area (Å²) in [6.07, 6.45) is 5.95. The molecule has 128 valence electrons. The van der Waals surface area contributed by atoms with Gasteiger partial charge in [-0.15, -0.1) is 10.2 Å². The molecule has 0 bridgehead atoms. The summed E-state index contributed by atoms with van der Waals surface area (Å²) in [4.78, 5) is 5.05. The van der Waals surface area contributed by atoms with Gasteiger partial charge in [0.05, 0.1) is 0 Å². The van der Waals surface area contributed by atoms with Crippen LogP contribution in [-0.2, 0) is 6.42 Å². The van der Waals surface area contributed by atoms with Gasteiger partial charge >= 0.3 is 0 Å². The zero-order valence-corrected chi connectivity index (χ0v) is 14.6. The zero-order valence-electron chi connectivity index (χ0n) is 13.8. The highest BCUT2D eigenvalue weighted by atomic mass is 32.1. The third-order valence-corrected chi connectivity index (χ3v) is 6.03. The SMILES string of the molecule is Fc1ccc(Cc2nnc(N3CCCC(N4CCCC4)C3)s2)cc1. The molecule has 1 unspecified atom stereocenters. The monoisotopic (exact) mass is 346 g/mol. The van der Waals surface area contributed by atoms with Gasteiger partial charge in [-0.2, -0.15) is 0 Å². The standard InChI is InChI=1S/C18H23FN4S/c19-15-7-5-14(6-8-15)12-17-20-21-18(24-17)23-11-3-4-16(13-23)22-9-1-2-10-22/h5-8,16H,1-4,9-13H2. The molecule has 6 heteroatoms. The van der Waals surface area contributed by atoms with Gasteiger partial charge in [-0.3, -0.25) is 4.90 Å². The van der Waals surface area contributed by atoms with E-state index in [1.54, 1.807) is 11.3 Å². The van der Waals surface area contributed by atoms with Crippen LogP contribution >= 0.6 is 11.3 Å². The topological polar surface area (TPSA) is 32.3 Å². The smallest absolute Gasteiger partial charge is 0.208 e. The van der Waals surface area contributed by atoms with Crippen molar-refractivity contribution in [2.45, 2.75) is 38.1 Å². The predicted octanol–water partition coefficient (Wildman–Crippen LogP) is 3.33. The average Bonchev–Trinajstić information content (AvgIpc) is 3.29. The number of benzene rings is 1. The van der Waals surface area contributed by atoms with Crippen molar-refractivity contribution in [3.8, 4) is 0 Å². The van der Waals surface area contributed by atoms with Gasteiger partial charge in [0, 0.05) is 25.6 Å². The molecule has 24 heavy (non-hydrogen) atoms. The first-order valence-electron chi connectivity index (χ1n) is 8.84. The first-order valence-corrected chi connectivity index (χ1v) is 9.65. The molecule has 2 aliphatic rings. The number of piperidine rings is 1. The largest absolute Gasteiger partial charge is 0.345 e. The molecular weight excluding hydrogens is 323 g/mol. The number of nitrogens with zero attached hydrogens (tertiary/aromatic N) is 4. The number of hydrogen-bond acceptors (Lipinski definition) is 5. The lowest BCUT2D eigenvalue weighted by atomic mass is 10.1. The van der Waals surface area contributed by atoms with Crippen molar-refractivity contribution in [1.29, 1.82) is 0 Å². The number of aromatic nitrogens is 2. The molecule has 0 spiro atoms. The van der Waals surface area contributed by atoms with Crippen molar-refractivity contribution in [2.75, 3.05) is 31.1 Å². The molecule has 2 fully saturated rings. The second kappa shape index (κ2) is 7.15. The predicted molar refractivity (Wildman–Crippen MR) is 95.2 cm³/mol. The fourth-order valence-electron chi connectivity index (χ4n) is 3.75. The van der Waals surface area contributed by atoms with E-state index >= 15 is 0 Å². The number of halogens is 1. The Balaban J connectivity index is 1.41. The Morgan fingerprint density at radius 1 is 1.04 bits per heavy atom. The van der Waals surface area contributed by atoms with Crippen LogP contribution in [0.4, 0.5) is 9.52 Å². The van der Waals surface area contributed by atoms with Crippen molar-refractivity contribution < 1.29 is 4.39 Å². The van der Waals surface area contributed by atoms with Gasteiger partial charge in [0.1, 0.15) is 10.8 Å². The van der Waals surface area contributed by atoms with E-state index in [1.807, 2.05) is 12.1 Å². The first kappa shape index (κ1) is 16.0. The number of rotatable bonds is 4. The Morgan fingerprint density at radius 3 is 2.62 bits per heavy atom. The molecule has 1 aromatic carbocycles. The lowest BCUT2D eigenvalue weighted by Gasteiger charge is -2.37. The fraction of sp³-hybridized carbons (Fsp3) is 0.556. The van der Waals surface area contributed by atoms with Gasteiger partial charge < -0.3 is 4.90 Å². The molecule has 0 amide bonds. The van der Waals surface area contributed by atoms with Gasteiger partial charge in [-0.25, -0.2) is 4.39 Å². The maximum Gasteiger partial charge on any atom is 0.208 e. The number of hydrogen-bond donors (Lipinski definition) is 0. The molecule has 2 aliphatic heterocycles. The van der Waals surface area contributed by atoms with Crippen molar-refractivity contribution in [1.82, 2.24) is 15.1 Å². The molecule has 0 aliphatic carbocycles. The molecule has 2 saturated heterocycles. The second-order valence-electron chi connectivity index (χ2n) is 6.77. The van der Waals surface area contributed by atoms with Crippen LogP contribution in [-0.4, -0.2) is 47.3 Å². The van der Waals surface area contributed by atoms with E-state index in [-0.39, 0.29) is 5.82 Å². The zero-order chi connectivity index (χ0) is 16.4. The summed E-state index contributed by atoms with van der Waals surface area (Å²) >= 11 is 1.67. The van der Waals surface area contributed by atoms with Crippen LogP contribution in [0, 0.1) is 5.82 Å². The van der Waals surface area contributed by atoms with Crippen molar-refractivity contribution in [3.05, 3.63) is 40.7 Å². The Morgan fingerprint density at radius 2 is 1.83 bits per heavy atom. The van der Waals surface area contributed by atoms with E-state index < -0.39 is 0 Å². The van der Waals surface area contributed by atoms with Crippen LogP contribution in [0.15, 0.2) is 24.3 Å². The molecular formula is C18H23FN4S. The Kier molecular flexibility index (Phi) is 4.76. The van der Waals surface area contributed by atoms with Crippen LogP contribution in [0.2, 0.25) is 0 Å². The van der Waals surface area contributed by atoms with Crippen molar-refractivity contribution in [3.63, 3.8) is 0 Å². The van der Waals surface area contributed by atoms with Gasteiger partial charge in [0.25, 0.3) is 0 Å². The van der Waals surface area contributed by atoms with Crippen LogP contribution in [0.25, 0.3) is 0 Å². The van der Waals surface area contributed by atoms with Gasteiger partial charge in [-0.1, -0.05) is 23.5 Å². The maximum absolute atomic E-state index is 13.0. The lowest BCUT2D eigenvalue weighted by molar-refractivity contribution is 0.215. The Labute approximate surface area is 146 Å². The van der Waals surface area contributed by atoms with Crippen molar-refractivity contribution in [2.24, 2.45) is 0 Å². The van der Waals surface area contributed by atoms with E-state index in [0.29, 0.717) is 6.04 Å². The third kappa shape index (κ3) is 3.59. The lowest BCUT2D eigenvalue weighted by Crippen LogP contribution is -2.47. The van der Waals surface area contributed by atoms with Gasteiger partial charge in [0.15, 0.2) is 0 Å². The summed E-state index contributed by atoms with van der Waals surface area (Å²) < 4.78 is 13.0. The quantitative estimate of drug-likeness (QED) is 0.850. The minimum atomic E-state index is -0.196. The molecule has 1 atom stereocenters. The van der Waals surface area contributed by atoms with E-state index in [1.165, 1.54) is 50.9 Å². The summed E-state index contributed by atoms with van der Waals surface area (Å²) in [5.74, 6) is -0.196. The third-order valence-electron chi connectivity index (χ3n) is 5.05. The van der Waals surface area contributed by atoms with Crippen LogP contribution in [0.5, 0.6) is 0 Å². The minimum Gasteiger partial charge on any atom is -0.345 e. The normalized spacial score (nSPS) is 22.2. The highest BCUT2D eigenvalue weighted by Gasteiger charge is 2.28. The summed E-state index contributed by atoms with van der Waals surface area (Å²) in [6.45, 7) is 4.66. The minimum absolute atomic E-state index is 0.196. The summed E-state index contributed by atoms with van der Waals surface area (Å²) in [5, 5.41) is 10.8. The molecule has 0 N–H and O–H groups in total. The van der Waals surface area contributed by atoms with E-state index in [2.05, 4.69) is 20.0 Å². The molecule has 0 saturated carbocycles. The van der Waals surface area contributed by atoms with Crippen LogP contribution in [0.1, 0.15) is 36.3 Å². The average molecular weight is 346 g/mol. The summed E-state index contributed by atoms with van der Waals surface area (Å²) in [6, 6.07) is 7.32. The molecule has 4 rings (SSSR count). The molecule has 4 nitrogen and oxygen atoms in total. The molecule has 1 aromatic heterocycles. The van der Waals surface area contributed by atoms with E-state index in [4.69, 9.17) is 0 Å². The van der Waals surface area contributed by atoms with Gasteiger partial charge in [0.2, 0.25) is 5.13 Å². The first-order chi connectivity index (χ1) is 11.8. The second-order valence-corrected chi connectivity index (χ2v) is 7.81. The molecule has 2 aromatic rings. The van der Waals surface area contributed by atoms with Crippen LogP contribution < -0.4 is 4.90 Å². The fourth-order valence-corrected chi connectivity index (χ4v) is 4.66. The molecule has 3 heterocycles. The van der Waals surface area contributed by atoms with E-state index in [9.17, 15) is 4.39 Å². The Bertz CT molecular complexity index is 666. The highest BCUT2D eigenvalue weighted by molar-refractivity contribution is 7.15. The van der Waals surface area contributed by atoms with E-state index in [0.717, 1.165) is 35.2 Å². The number of likely N-dealkylation sites (tertiary alicyclic amines) is 1. The summed E-state index contributed by atoms with van der Waals surface area (Å²) in [7, 11) is 0. The maximum atomic E-state index is 13.0.